The highest BCUT2D eigenvalue weighted by atomic mass is 15.1. The lowest BCUT2D eigenvalue weighted by Crippen LogP contribution is -2.33. The smallest absolute Gasteiger partial charge is 0.0362 e. The summed E-state index contributed by atoms with van der Waals surface area (Å²) in [5.41, 5.74) is 2.46. The summed E-state index contributed by atoms with van der Waals surface area (Å²) in [4.78, 5) is 2.13. The molecule has 112 valence electrons. The van der Waals surface area contributed by atoms with Gasteiger partial charge in [-0.15, -0.1) is 0 Å². The first kappa shape index (κ1) is 15.2. The Hall–Kier alpha value is -1.22. The molecule has 3 nitrogen and oxygen atoms in total. The third kappa shape index (κ3) is 4.71. The molecule has 1 saturated heterocycles. The van der Waals surface area contributed by atoms with Crippen LogP contribution in [0.4, 0.5) is 11.4 Å². The number of hydrogen-bond donors (Lipinski definition) is 2. The Kier molecular flexibility index (Phi) is 5.72. The summed E-state index contributed by atoms with van der Waals surface area (Å²) < 4.78 is 0. The minimum absolute atomic E-state index is 0.510. The van der Waals surface area contributed by atoms with Crippen molar-refractivity contribution in [2.24, 2.45) is 0 Å². The molecule has 0 bridgehead atoms. The van der Waals surface area contributed by atoms with E-state index in [0.717, 1.165) is 0 Å². The molecular formula is C17H29N3. The third-order valence-electron chi connectivity index (χ3n) is 4.10. The molecule has 2 rings (SSSR count). The van der Waals surface area contributed by atoms with Crippen LogP contribution >= 0.6 is 0 Å². The van der Waals surface area contributed by atoms with Gasteiger partial charge in [-0.1, -0.05) is 12.8 Å². The van der Waals surface area contributed by atoms with Crippen LogP contribution in [0, 0.1) is 0 Å². The van der Waals surface area contributed by atoms with Crippen LogP contribution in [0.15, 0.2) is 24.3 Å². The van der Waals surface area contributed by atoms with Crippen molar-refractivity contribution in [2.75, 3.05) is 30.9 Å². The van der Waals surface area contributed by atoms with E-state index in [4.69, 9.17) is 0 Å². The molecule has 1 aliphatic heterocycles. The first-order chi connectivity index (χ1) is 9.65. The lowest BCUT2D eigenvalue weighted by atomic mass is 10.0. The van der Waals surface area contributed by atoms with Crippen LogP contribution < -0.4 is 15.5 Å². The monoisotopic (exact) mass is 275 g/mol. The van der Waals surface area contributed by atoms with Crippen molar-refractivity contribution >= 4 is 11.4 Å². The highest BCUT2D eigenvalue weighted by Crippen LogP contribution is 2.18. The first-order valence-corrected chi connectivity index (χ1v) is 7.92. The summed E-state index contributed by atoms with van der Waals surface area (Å²) in [6.45, 7) is 3.47. The van der Waals surface area contributed by atoms with E-state index in [1.54, 1.807) is 0 Å². The molecule has 2 unspecified atom stereocenters. The molecule has 1 heterocycles. The van der Waals surface area contributed by atoms with Gasteiger partial charge in [-0.2, -0.15) is 0 Å². The van der Waals surface area contributed by atoms with Crippen molar-refractivity contribution in [1.82, 2.24) is 5.32 Å². The Morgan fingerprint density at radius 2 is 1.95 bits per heavy atom. The van der Waals surface area contributed by atoms with Gasteiger partial charge in [0.05, 0.1) is 0 Å². The van der Waals surface area contributed by atoms with Gasteiger partial charge in [0.1, 0.15) is 0 Å². The normalized spacial score (nSPS) is 21.1. The molecule has 0 aromatic heterocycles. The van der Waals surface area contributed by atoms with Crippen LogP contribution in [-0.4, -0.2) is 32.7 Å². The zero-order valence-corrected chi connectivity index (χ0v) is 13.2. The summed E-state index contributed by atoms with van der Waals surface area (Å²) in [7, 11) is 4.14. The Labute approximate surface area is 123 Å². The summed E-state index contributed by atoms with van der Waals surface area (Å²) in [6, 6.07) is 9.87. The van der Waals surface area contributed by atoms with Gasteiger partial charge in [0.15, 0.2) is 0 Å². The second-order valence-corrected chi connectivity index (χ2v) is 6.22. The number of benzene rings is 1. The Morgan fingerprint density at radius 3 is 2.65 bits per heavy atom. The van der Waals surface area contributed by atoms with E-state index in [9.17, 15) is 0 Å². The lowest BCUT2D eigenvalue weighted by molar-refractivity contribution is 0.456. The molecule has 0 aliphatic carbocycles. The van der Waals surface area contributed by atoms with E-state index in [1.807, 2.05) is 0 Å². The quantitative estimate of drug-likeness (QED) is 0.861. The maximum absolute atomic E-state index is 3.68. The molecule has 0 saturated carbocycles. The molecule has 0 amide bonds. The number of rotatable bonds is 5. The Bertz CT molecular complexity index is 378. The zero-order valence-electron chi connectivity index (χ0n) is 13.2. The highest BCUT2D eigenvalue weighted by Gasteiger charge is 2.14. The van der Waals surface area contributed by atoms with Gasteiger partial charge in [0.2, 0.25) is 0 Å². The van der Waals surface area contributed by atoms with Crippen molar-refractivity contribution < 1.29 is 0 Å². The molecule has 3 heteroatoms. The average Bonchev–Trinajstić information content (AvgIpc) is 2.68. The molecule has 1 aromatic carbocycles. The summed E-state index contributed by atoms with van der Waals surface area (Å²) in [5, 5.41) is 7.29. The van der Waals surface area contributed by atoms with Gasteiger partial charge in [-0.05, 0) is 57.0 Å². The molecule has 0 spiro atoms. The van der Waals surface area contributed by atoms with Crippen LogP contribution in [0.25, 0.3) is 0 Å². The van der Waals surface area contributed by atoms with Gasteiger partial charge in [-0.3, -0.25) is 0 Å². The number of anilines is 2. The van der Waals surface area contributed by atoms with Crippen LogP contribution in [0.2, 0.25) is 0 Å². The lowest BCUT2D eigenvalue weighted by Gasteiger charge is -2.22. The highest BCUT2D eigenvalue weighted by molar-refractivity contribution is 5.54. The second-order valence-electron chi connectivity index (χ2n) is 6.22. The van der Waals surface area contributed by atoms with E-state index in [0.29, 0.717) is 12.1 Å². The molecule has 2 N–H and O–H groups in total. The second kappa shape index (κ2) is 7.53. The molecule has 1 aliphatic rings. The van der Waals surface area contributed by atoms with Crippen molar-refractivity contribution in [3.63, 3.8) is 0 Å². The first-order valence-electron chi connectivity index (χ1n) is 7.92. The molecule has 0 radical (unpaired) electrons. The van der Waals surface area contributed by atoms with Crippen molar-refractivity contribution in [3.8, 4) is 0 Å². The molecule has 1 fully saturated rings. The Morgan fingerprint density at radius 1 is 1.20 bits per heavy atom. The summed E-state index contributed by atoms with van der Waals surface area (Å²) in [6.07, 6.45) is 6.63. The van der Waals surface area contributed by atoms with Crippen LogP contribution in [0.3, 0.4) is 0 Å². The topological polar surface area (TPSA) is 27.3 Å². The molecular weight excluding hydrogens is 246 g/mol. The summed E-state index contributed by atoms with van der Waals surface area (Å²) in [5.74, 6) is 0. The molecule has 20 heavy (non-hydrogen) atoms. The van der Waals surface area contributed by atoms with E-state index >= 15 is 0 Å². The van der Waals surface area contributed by atoms with E-state index in [-0.39, 0.29) is 0 Å². The standard InChI is InChI=1S/C17H29N3/c1-14(13-16-7-5-4-6-12-18-16)19-15-8-10-17(11-9-15)20(2)3/h8-11,14,16,18-19H,4-7,12-13H2,1-3H3. The largest absolute Gasteiger partial charge is 0.383 e. The van der Waals surface area contributed by atoms with Gasteiger partial charge in [0.25, 0.3) is 0 Å². The number of nitrogens with one attached hydrogen (secondary N) is 2. The van der Waals surface area contributed by atoms with Gasteiger partial charge in [0, 0.05) is 37.6 Å². The van der Waals surface area contributed by atoms with Gasteiger partial charge < -0.3 is 15.5 Å². The zero-order chi connectivity index (χ0) is 14.4. The van der Waals surface area contributed by atoms with Crippen LogP contribution in [-0.2, 0) is 0 Å². The van der Waals surface area contributed by atoms with Gasteiger partial charge >= 0.3 is 0 Å². The fourth-order valence-electron chi connectivity index (χ4n) is 2.93. The van der Waals surface area contributed by atoms with Crippen molar-refractivity contribution in [2.45, 2.75) is 51.1 Å². The molecule has 1 aromatic rings. The van der Waals surface area contributed by atoms with E-state index in [2.05, 4.69) is 60.8 Å². The average molecular weight is 275 g/mol. The van der Waals surface area contributed by atoms with Crippen molar-refractivity contribution in [3.05, 3.63) is 24.3 Å². The maximum atomic E-state index is 3.68. The van der Waals surface area contributed by atoms with Crippen molar-refractivity contribution in [1.29, 1.82) is 0 Å². The Balaban J connectivity index is 1.82. The predicted molar refractivity (Wildman–Crippen MR) is 88.7 cm³/mol. The third-order valence-corrected chi connectivity index (χ3v) is 4.10. The fourth-order valence-corrected chi connectivity index (χ4v) is 2.93. The van der Waals surface area contributed by atoms with Crippen LogP contribution in [0.5, 0.6) is 0 Å². The number of hydrogen-bond acceptors (Lipinski definition) is 3. The minimum atomic E-state index is 0.510. The predicted octanol–water partition coefficient (Wildman–Crippen LogP) is 3.48. The van der Waals surface area contributed by atoms with E-state index in [1.165, 1.54) is 50.0 Å². The number of nitrogens with zero attached hydrogens (tertiary/aromatic N) is 1. The van der Waals surface area contributed by atoms with Crippen LogP contribution in [0.1, 0.15) is 39.0 Å². The summed E-state index contributed by atoms with van der Waals surface area (Å²) >= 11 is 0. The minimum Gasteiger partial charge on any atom is -0.383 e. The van der Waals surface area contributed by atoms with E-state index < -0.39 is 0 Å². The SMILES string of the molecule is CC(CC1CCCCCN1)Nc1ccc(N(C)C)cc1. The molecule has 2 atom stereocenters. The fraction of sp³-hybridized carbons (Fsp3) is 0.647. The van der Waals surface area contributed by atoms with Gasteiger partial charge in [-0.25, -0.2) is 0 Å². The maximum Gasteiger partial charge on any atom is 0.0362 e.